The maximum absolute atomic E-state index is 13.4. The molecule has 2 aliphatic carbocycles. The van der Waals surface area contributed by atoms with Crippen LogP contribution in [-0.2, 0) is 28.4 Å². The molecule has 4 aromatic rings. The summed E-state index contributed by atoms with van der Waals surface area (Å²) in [6.07, 6.45) is 0.170. The Kier molecular flexibility index (Phi) is 7.96. The van der Waals surface area contributed by atoms with Gasteiger partial charge in [0.05, 0.1) is 25.1 Å². The van der Waals surface area contributed by atoms with Gasteiger partial charge in [0.15, 0.2) is 30.2 Å². The molecule has 240 valence electrons. The third-order valence-electron chi connectivity index (χ3n) is 8.12. The number of carbonyl (C=O) groups excluding carboxylic acids is 4. The summed E-state index contributed by atoms with van der Waals surface area (Å²) in [5.74, 6) is -5.58. The first-order valence-electron chi connectivity index (χ1n) is 14.7. The predicted molar refractivity (Wildman–Crippen MR) is 147 cm³/mol. The van der Waals surface area contributed by atoms with E-state index < -0.39 is 66.3 Å². The Balaban J connectivity index is 1.32. The fraction of sp³-hybridized carbons (Fsp3) is 0.375. The van der Waals surface area contributed by atoms with Gasteiger partial charge in [-0.25, -0.2) is 19.2 Å². The minimum absolute atomic E-state index is 0.144. The Morgan fingerprint density at radius 2 is 0.826 bits per heavy atom. The zero-order chi connectivity index (χ0) is 31.7. The van der Waals surface area contributed by atoms with Crippen LogP contribution < -0.4 is 0 Å². The molecule has 2 saturated carbocycles. The smallest absolute Gasteiger partial charge is 0.374 e. The predicted octanol–water partition coefficient (Wildman–Crippen LogP) is 4.72. The van der Waals surface area contributed by atoms with Crippen molar-refractivity contribution < 1.29 is 65.3 Å². The lowest BCUT2D eigenvalue weighted by molar-refractivity contribution is -0.203. The zero-order valence-electron chi connectivity index (χ0n) is 24.1. The van der Waals surface area contributed by atoms with Crippen LogP contribution >= 0.6 is 0 Å². The van der Waals surface area contributed by atoms with Crippen molar-refractivity contribution in [3.63, 3.8) is 0 Å². The van der Waals surface area contributed by atoms with E-state index in [0.29, 0.717) is 12.8 Å². The van der Waals surface area contributed by atoms with Gasteiger partial charge in [-0.2, -0.15) is 0 Å². The molecular weight excluding hydrogens is 608 g/mol. The maximum atomic E-state index is 13.4. The number of rotatable bonds is 8. The third kappa shape index (κ3) is 5.72. The van der Waals surface area contributed by atoms with E-state index in [1.807, 2.05) is 0 Å². The molecule has 0 amide bonds. The molecule has 14 nitrogen and oxygen atoms in total. The van der Waals surface area contributed by atoms with Crippen LogP contribution in [-0.4, -0.2) is 66.3 Å². The van der Waals surface area contributed by atoms with Crippen LogP contribution in [0.2, 0.25) is 0 Å². The molecule has 4 aromatic heterocycles. The van der Waals surface area contributed by atoms with E-state index in [1.165, 1.54) is 73.6 Å². The van der Waals surface area contributed by atoms with E-state index in [0.717, 1.165) is 19.3 Å². The van der Waals surface area contributed by atoms with Gasteiger partial charge in [-0.05, 0) is 61.4 Å². The topological polar surface area (TPSA) is 176 Å². The van der Waals surface area contributed by atoms with Crippen LogP contribution in [0, 0.1) is 0 Å². The number of ether oxygens (including phenoxy) is 6. The number of hydrogen-bond donors (Lipinski definition) is 0. The molecule has 0 N–H and O–H groups in total. The lowest BCUT2D eigenvalue weighted by Crippen LogP contribution is -2.66. The van der Waals surface area contributed by atoms with Crippen molar-refractivity contribution in [1.29, 1.82) is 0 Å². The van der Waals surface area contributed by atoms with Crippen molar-refractivity contribution in [3.8, 4) is 0 Å². The first kappa shape index (κ1) is 29.6. The Bertz CT molecular complexity index is 1510. The third-order valence-corrected chi connectivity index (χ3v) is 8.12. The van der Waals surface area contributed by atoms with Crippen molar-refractivity contribution in [2.75, 3.05) is 0 Å². The Labute approximate surface area is 260 Å². The molecule has 3 aliphatic rings. The Morgan fingerprint density at radius 3 is 1.13 bits per heavy atom. The van der Waals surface area contributed by atoms with Crippen LogP contribution in [0.4, 0.5) is 0 Å². The first-order valence-corrected chi connectivity index (χ1v) is 14.7. The molecule has 46 heavy (non-hydrogen) atoms. The van der Waals surface area contributed by atoms with Gasteiger partial charge >= 0.3 is 23.9 Å². The molecule has 1 aliphatic heterocycles. The zero-order valence-corrected chi connectivity index (χ0v) is 24.1. The second-order valence-electron chi connectivity index (χ2n) is 11.0. The summed E-state index contributed by atoms with van der Waals surface area (Å²) in [4.78, 5) is 53.4. The minimum Gasteiger partial charge on any atom is -0.457 e. The Morgan fingerprint density at radius 1 is 0.500 bits per heavy atom. The second-order valence-corrected chi connectivity index (χ2v) is 11.0. The number of carbonyl (C=O) groups is 4. The average molecular weight is 637 g/mol. The van der Waals surface area contributed by atoms with Crippen LogP contribution in [0.3, 0.4) is 0 Å². The highest BCUT2D eigenvalue weighted by Crippen LogP contribution is 2.47. The van der Waals surface area contributed by atoms with E-state index in [-0.39, 0.29) is 23.0 Å². The molecule has 1 saturated heterocycles. The highest BCUT2D eigenvalue weighted by molar-refractivity contribution is 5.89. The maximum Gasteiger partial charge on any atom is 0.374 e. The SMILES string of the molecule is O=C(O[C@@H]1[C@H](OC(=O)c2ccco2)[C@@H](OC(=O)c2ccco2)[C@@H]2OC3(CCCCC3)O[C@@H]2[C@H]1OC(=O)c1ccco1)c1ccco1. The number of furan rings is 4. The van der Waals surface area contributed by atoms with E-state index in [1.54, 1.807) is 0 Å². The van der Waals surface area contributed by atoms with Gasteiger partial charge in [-0.3, -0.25) is 0 Å². The summed E-state index contributed by atoms with van der Waals surface area (Å²) in [5.41, 5.74) is 0. The van der Waals surface area contributed by atoms with Gasteiger partial charge in [0.1, 0.15) is 12.2 Å². The molecule has 5 heterocycles. The van der Waals surface area contributed by atoms with Crippen LogP contribution in [0.25, 0.3) is 0 Å². The quantitative estimate of drug-likeness (QED) is 0.192. The first-order chi connectivity index (χ1) is 22.4. The summed E-state index contributed by atoms with van der Waals surface area (Å²) in [6.45, 7) is 0. The molecule has 1 spiro atoms. The van der Waals surface area contributed by atoms with Gasteiger partial charge in [-0.15, -0.1) is 0 Å². The summed E-state index contributed by atoms with van der Waals surface area (Å²) < 4.78 is 57.6. The van der Waals surface area contributed by atoms with Crippen molar-refractivity contribution in [2.24, 2.45) is 0 Å². The standard InChI is InChI=1S/C32H28O14/c33-28(18-8-4-14-37-18)41-22-23(42-29(34)19-9-5-15-38-19)25(44-31(36)21-11-7-17-40-21)27-26(45-32(46-27)12-2-1-3-13-32)24(22)43-30(35)20-10-6-16-39-20/h4-11,14-17,22-27H,1-3,12-13H2/t22-,23+,24+,25-,26-,27+. The fourth-order valence-corrected chi connectivity index (χ4v) is 6.08. The van der Waals surface area contributed by atoms with Crippen molar-refractivity contribution in [2.45, 2.75) is 74.5 Å². The summed E-state index contributed by atoms with van der Waals surface area (Å²) >= 11 is 0. The number of hydrogen-bond acceptors (Lipinski definition) is 14. The van der Waals surface area contributed by atoms with Crippen LogP contribution in [0.15, 0.2) is 91.3 Å². The Hall–Kier alpha value is -5.08. The van der Waals surface area contributed by atoms with E-state index in [4.69, 9.17) is 46.1 Å². The van der Waals surface area contributed by atoms with Crippen molar-refractivity contribution >= 4 is 23.9 Å². The fourth-order valence-electron chi connectivity index (χ4n) is 6.08. The lowest BCUT2D eigenvalue weighted by atomic mass is 9.84. The number of esters is 4. The van der Waals surface area contributed by atoms with Crippen LogP contribution in [0.1, 0.15) is 74.3 Å². The van der Waals surface area contributed by atoms with E-state index in [9.17, 15) is 19.2 Å². The highest BCUT2D eigenvalue weighted by atomic mass is 16.8. The van der Waals surface area contributed by atoms with Crippen molar-refractivity contribution in [1.82, 2.24) is 0 Å². The molecule has 6 atom stereocenters. The largest absolute Gasteiger partial charge is 0.457 e. The lowest BCUT2D eigenvalue weighted by Gasteiger charge is -2.44. The highest BCUT2D eigenvalue weighted by Gasteiger charge is 2.66. The molecule has 0 unspecified atom stereocenters. The minimum atomic E-state index is -1.62. The second kappa shape index (κ2) is 12.4. The van der Waals surface area contributed by atoms with Gasteiger partial charge in [0.25, 0.3) is 0 Å². The molecule has 7 rings (SSSR count). The number of fused-ring (bicyclic) bond motifs is 1. The normalized spacial score (nSPS) is 26.6. The van der Waals surface area contributed by atoms with Crippen LogP contribution in [0.5, 0.6) is 0 Å². The van der Waals surface area contributed by atoms with Gasteiger partial charge in [-0.1, -0.05) is 6.42 Å². The molecule has 14 heteroatoms. The van der Waals surface area contributed by atoms with E-state index in [2.05, 4.69) is 0 Å². The van der Waals surface area contributed by atoms with Gasteiger partial charge < -0.3 is 46.1 Å². The van der Waals surface area contributed by atoms with Gasteiger partial charge in [0.2, 0.25) is 23.0 Å². The molecule has 3 fully saturated rings. The average Bonchev–Trinajstić information content (AvgIpc) is 3.91. The van der Waals surface area contributed by atoms with Gasteiger partial charge in [0, 0.05) is 12.8 Å². The summed E-state index contributed by atoms with van der Waals surface area (Å²) in [7, 11) is 0. The van der Waals surface area contributed by atoms with Crippen molar-refractivity contribution in [3.05, 3.63) is 96.6 Å². The molecule has 0 aromatic carbocycles. The molecular formula is C32H28O14. The summed E-state index contributed by atoms with van der Waals surface area (Å²) in [5, 5.41) is 0. The monoisotopic (exact) mass is 636 g/mol. The van der Waals surface area contributed by atoms with E-state index >= 15 is 0 Å². The summed E-state index contributed by atoms with van der Waals surface area (Å²) in [6, 6.07) is 11.5. The molecule has 0 bridgehead atoms. The molecule has 0 radical (unpaired) electrons.